The van der Waals surface area contributed by atoms with E-state index in [1.54, 1.807) is 4.52 Å². The highest BCUT2D eigenvalue weighted by Crippen LogP contribution is 2.25. The van der Waals surface area contributed by atoms with Crippen LogP contribution in [0.3, 0.4) is 0 Å². The van der Waals surface area contributed by atoms with Crippen LogP contribution in [0.25, 0.3) is 26.7 Å². The molecule has 2 heterocycles. The highest BCUT2D eigenvalue weighted by Gasteiger charge is 2.11. The predicted octanol–water partition coefficient (Wildman–Crippen LogP) is 4.76. The molecule has 0 radical (unpaired) electrons. The summed E-state index contributed by atoms with van der Waals surface area (Å²) in [6.07, 6.45) is 0. The molecule has 6 nitrogen and oxygen atoms in total. The normalized spacial score (nSPS) is 11.0. The van der Waals surface area contributed by atoms with E-state index in [-0.39, 0.29) is 5.91 Å². The summed E-state index contributed by atoms with van der Waals surface area (Å²) in [4.78, 5) is 13.3. The molecule has 0 saturated carbocycles. The molecule has 0 aliphatic rings. The van der Waals surface area contributed by atoms with Gasteiger partial charge in [0.2, 0.25) is 4.96 Å². The zero-order chi connectivity index (χ0) is 21.2. The molecule has 5 rings (SSSR count). The Hall–Kier alpha value is -3.84. The summed E-state index contributed by atoms with van der Waals surface area (Å²) in [7, 11) is 0. The van der Waals surface area contributed by atoms with Crippen LogP contribution in [0.5, 0.6) is 0 Å². The van der Waals surface area contributed by atoms with Crippen molar-refractivity contribution in [2.75, 3.05) is 0 Å². The van der Waals surface area contributed by atoms with Crippen molar-refractivity contribution in [2.45, 2.75) is 13.5 Å². The van der Waals surface area contributed by atoms with Crippen molar-refractivity contribution in [3.05, 3.63) is 95.8 Å². The fourth-order valence-electron chi connectivity index (χ4n) is 3.33. The Kier molecular flexibility index (Phi) is 5.01. The van der Waals surface area contributed by atoms with Gasteiger partial charge in [-0.3, -0.25) is 4.79 Å². The number of carbonyl (C=O) groups is 1. The Morgan fingerprint density at radius 2 is 1.55 bits per heavy atom. The molecule has 152 valence electrons. The zero-order valence-corrected chi connectivity index (χ0v) is 17.6. The first kappa shape index (κ1) is 19.1. The van der Waals surface area contributed by atoms with Gasteiger partial charge in [0.25, 0.3) is 5.91 Å². The molecule has 0 fully saturated rings. The smallest absolute Gasteiger partial charge is 0.251 e. The molecule has 0 aliphatic heterocycles. The predicted molar refractivity (Wildman–Crippen MR) is 122 cm³/mol. The summed E-state index contributed by atoms with van der Waals surface area (Å²) < 4.78 is 1.75. The van der Waals surface area contributed by atoms with Gasteiger partial charge >= 0.3 is 0 Å². The first-order valence-corrected chi connectivity index (χ1v) is 10.7. The van der Waals surface area contributed by atoms with E-state index >= 15 is 0 Å². The minimum Gasteiger partial charge on any atom is -0.348 e. The Morgan fingerprint density at radius 1 is 0.871 bits per heavy atom. The molecular weight excluding hydrogens is 406 g/mol. The number of carbonyl (C=O) groups excluding carboxylic acids is 1. The number of fused-ring (bicyclic) bond motifs is 1. The molecule has 31 heavy (non-hydrogen) atoms. The second-order valence-electron chi connectivity index (χ2n) is 7.17. The zero-order valence-electron chi connectivity index (χ0n) is 16.8. The second-order valence-corrected chi connectivity index (χ2v) is 8.13. The van der Waals surface area contributed by atoms with Crippen LogP contribution in [-0.2, 0) is 6.54 Å². The minimum atomic E-state index is -0.0900. The first-order chi connectivity index (χ1) is 15.2. The number of aryl methyl sites for hydroxylation is 1. The van der Waals surface area contributed by atoms with E-state index in [9.17, 15) is 4.79 Å². The second kappa shape index (κ2) is 8.12. The van der Waals surface area contributed by atoms with Crippen molar-refractivity contribution in [3.8, 4) is 21.7 Å². The molecule has 5 aromatic rings. The number of hydrogen-bond donors (Lipinski definition) is 1. The summed E-state index contributed by atoms with van der Waals surface area (Å²) >= 11 is 1.50. The van der Waals surface area contributed by atoms with Gasteiger partial charge in [0.1, 0.15) is 5.01 Å². The number of hydrogen-bond acceptors (Lipinski definition) is 5. The summed E-state index contributed by atoms with van der Waals surface area (Å²) in [5.74, 6) is 0.682. The van der Waals surface area contributed by atoms with E-state index in [4.69, 9.17) is 0 Å². The largest absolute Gasteiger partial charge is 0.348 e. The summed E-state index contributed by atoms with van der Waals surface area (Å²) in [5, 5.41) is 16.5. The fraction of sp³-hybridized carbons (Fsp3) is 0.0833. The van der Waals surface area contributed by atoms with Gasteiger partial charge in [-0.2, -0.15) is 9.61 Å². The van der Waals surface area contributed by atoms with Gasteiger partial charge < -0.3 is 5.32 Å². The van der Waals surface area contributed by atoms with Gasteiger partial charge in [0, 0.05) is 17.7 Å². The number of benzene rings is 3. The molecule has 1 amide bonds. The molecular formula is C24H19N5OS. The van der Waals surface area contributed by atoms with Crippen molar-refractivity contribution in [1.29, 1.82) is 0 Å². The van der Waals surface area contributed by atoms with E-state index in [2.05, 4.69) is 32.7 Å². The molecule has 1 N–H and O–H groups in total. The third-order valence-corrected chi connectivity index (χ3v) is 6.00. The molecule has 0 spiro atoms. The lowest BCUT2D eigenvalue weighted by molar-refractivity contribution is 0.0951. The molecule has 0 aliphatic carbocycles. The van der Waals surface area contributed by atoms with Gasteiger partial charge in [-0.05, 0) is 35.7 Å². The van der Waals surface area contributed by atoms with Gasteiger partial charge in [-0.15, -0.1) is 10.2 Å². The van der Waals surface area contributed by atoms with E-state index < -0.39 is 0 Å². The number of amides is 1. The number of nitrogens with zero attached hydrogens (tertiary/aromatic N) is 4. The topological polar surface area (TPSA) is 72.2 Å². The summed E-state index contributed by atoms with van der Waals surface area (Å²) in [6.45, 7) is 2.34. The lowest BCUT2D eigenvalue weighted by Crippen LogP contribution is -2.22. The van der Waals surface area contributed by atoms with Crippen molar-refractivity contribution < 1.29 is 4.79 Å². The van der Waals surface area contributed by atoms with Crippen LogP contribution >= 0.6 is 11.3 Å². The molecule has 0 bridgehead atoms. The SMILES string of the molecule is Cc1nnc2sc(-c3ccc(CNC(=O)c4ccc(-c5ccccc5)cc4)cc3)nn12. The van der Waals surface area contributed by atoms with Crippen molar-refractivity contribution >= 4 is 22.2 Å². The molecule has 3 aromatic carbocycles. The third kappa shape index (κ3) is 3.95. The molecule has 7 heteroatoms. The van der Waals surface area contributed by atoms with Gasteiger partial charge in [-0.25, -0.2) is 0 Å². The lowest BCUT2D eigenvalue weighted by atomic mass is 10.0. The maximum absolute atomic E-state index is 12.5. The highest BCUT2D eigenvalue weighted by atomic mass is 32.1. The van der Waals surface area contributed by atoms with E-state index in [0.29, 0.717) is 12.1 Å². The average Bonchev–Trinajstić information content (AvgIpc) is 3.40. The Labute approximate surface area is 183 Å². The average molecular weight is 426 g/mol. The molecule has 0 saturated heterocycles. The third-order valence-electron chi connectivity index (χ3n) is 5.05. The molecule has 2 aromatic heterocycles. The number of nitrogens with one attached hydrogen (secondary N) is 1. The van der Waals surface area contributed by atoms with E-state index in [1.807, 2.05) is 73.7 Å². The Balaban J connectivity index is 1.23. The van der Waals surface area contributed by atoms with Crippen LogP contribution < -0.4 is 5.32 Å². The molecule has 0 atom stereocenters. The maximum Gasteiger partial charge on any atom is 0.251 e. The number of rotatable bonds is 5. The van der Waals surface area contributed by atoms with Crippen LogP contribution in [0.15, 0.2) is 78.9 Å². The van der Waals surface area contributed by atoms with E-state index in [0.717, 1.165) is 38.0 Å². The lowest BCUT2D eigenvalue weighted by Gasteiger charge is -2.07. The fourth-order valence-corrected chi connectivity index (χ4v) is 4.22. The van der Waals surface area contributed by atoms with Crippen LogP contribution in [0.2, 0.25) is 0 Å². The maximum atomic E-state index is 12.5. The molecule has 0 unspecified atom stereocenters. The highest BCUT2D eigenvalue weighted by molar-refractivity contribution is 7.19. The van der Waals surface area contributed by atoms with Crippen LogP contribution in [-0.4, -0.2) is 25.7 Å². The summed E-state index contributed by atoms with van der Waals surface area (Å²) in [5.41, 5.74) is 4.91. The van der Waals surface area contributed by atoms with Gasteiger partial charge in [0.15, 0.2) is 5.82 Å². The quantitative estimate of drug-likeness (QED) is 0.441. The minimum absolute atomic E-state index is 0.0900. The standard InChI is InChI=1S/C24H19N5OS/c1-16-26-27-24-29(16)28-23(31-24)21-9-7-17(8-10-21)15-25-22(30)20-13-11-19(12-14-20)18-5-3-2-4-6-18/h2-14H,15H2,1H3,(H,25,30). The Morgan fingerprint density at radius 3 is 2.26 bits per heavy atom. The van der Waals surface area contributed by atoms with Gasteiger partial charge in [0.05, 0.1) is 0 Å². The van der Waals surface area contributed by atoms with Crippen molar-refractivity contribution in [2.24, 2.45) is 0 Å². The summed E-state index contributed by atoms with van der Waals surface area (Å²) in [6, 6.07) is 25.8. The van der Waals surface area contributed by atoms with Crippen LogP contribution in [0.4, 0.5) is 0 Å². The van der Waals surface area contributed by atoms with Crippen LogP contribution in [0, 0.1) is 6.92 Å². The van der Waals surface area contributed by atoms with Crippen molar-refractivity contribution in [3.63, 3.8) is 0 Å². The Bertz CT molecular complexity index is 1340. The number of aromatic nitrogens is 4. The van der Waals surface area contributed by atoms with Crippen molar-refractivity contribution in [1.82, 2.24) is 25.1 Å². The monoisotopic (exact) mass is 425 g/mol. The van der Waals surface area contributed by atoms with Gasteiger partial charge in [-0.1, -0.05) is 78.1 Å². The van der Waals surface area contributed by atoms with E-state index in [1.165, 1.54) is 11.3 Å². The van der Waals surface area contributed by atoms with Crippen LogP contribution in [0.1, 0.15) is 21.7 Å². The first-order valence-electron chi connectivity index (χ1n) is 9.89.